The number of H-pyrrole nitrogens is 1. The van der Waals surface area contributed by atoms with Crippen LogP contribution in [-0.2, 0) is 11.8 Å². The van der Waals surface area contributed by atoms with Gasteiger partial charge in [-0.15, -0.1) is 0 Å². The average Bonchev–Trinajstić information content (AvgIpc) is 3.26. The Kier molecular flexibility index (Phi) is 3.34. The largest absolute Gasteiger partial charge is 0.370 e. The van der Waals surface area contributed by atoms with Gasteiger partial charge in [0.1, 0.15) is 11.6 Å². The minimum Gasteiger partial charge on any atom is -0.370 e. The molecule has 0 radical (unpaired) electrons. The number of carbonyl (C=O) groups is 1. The second kappa shape index (κ2) is 5.51. The maximum absolute atomic E-state index is 12.7. The predicted octanol–water partition coefficient (Wildman–Crippen LogP) is 1.56. The molecule has 0 aliphatic carbocycles. The van der Waals surface area contributed by atoms with Crippen LogP contribution >= 0.6 is 0 Å². The fourth-order valence-electron chi connectivity index (χ4n) is 3.09. The summed E-state index contributed by atoms with van der Waals surface area (Å²) in [5.41, 5.74) is 3.06. The third-order valence-electron chi connectivity index (χ3n) is 4.25. The molecule has 2 aromatic heterocycles. The van der Waals surface area contributed by atoms with Gasteiger partial charge < -0.3 is 15.0 Å². The highest BCUT2D eigenvalue weighted by atomic mass is 16.5. The van der Waals surface area contributed by atoms with Crippen LogP contribution in [0.3, 0.4) is 0 Å². The van der Waals surface area contributed by atoms with E-state index in [-0.39, 0.29) is 18.1 Å². The van der Waals surface area contributed by atoms with Crippen LogP contribution in [0.4, 0.5) is 0 Å². The van der Waals surface area contributed by atoms with E-state index in [1.165, 1.54) is 0 Å². The minimum atomic E-state index is -0.176. The van der Waals surface area contributed by atoms with Crippen LogP contribution in [-0.4, -0.2) is 38.3 Å². The summed E-state index contributed by atoms with van der Waals surface area (Å²) in [5.74, 6) is -0.134. The lowest BCUT2D eigenvalue weighted by Gasteiger charge is -2.20. The summed E-state index contributed by atoms with van der Waals surface area (Å²) in [4.78, 5) is 19.9. The summed E-state index contributed by atoms with van der Waals surface area (Å²) in [5, 5.41) is 7.26. The fraction of sp³-hybridized carbons (Fsp3) is 0.312. The first kappa shape index (κ1) is 14.0. The van der Waals surface area contributed by atoms with Crippen molar-refractivity contribution in [2.75, 3.05) is 6.61 Å². The van der Waals surface area contributed by atoms with E-state index in [4.69, 9.17) is 4.74 Å². The Morgan fingerprint density at radius 1 is 1.43 bits per heavy atom. The normalized spacial score (nSPS) is 20.9. The molecule has 2 N–H and O–H groups in total. The smallest absolute Gasteiger partial charge is 0.253 e. The van der Waals surface area contributed by atoms with E-state index in [9.17, 15) is 4.79 Å². The number of aromatic amines is 1. The average molecular weight is 311 g/mol. The van der Waals surface area contributed by atoms with Gasteiger partial charge >= 0.3 is 0 Å². The number of hydrogen-bond acceptors (Lipinski definition) is 4. The van der Waals surface area contributed by atoms with E-state index in [1.807, 2.05) is 25.2 Å². The molecule has 1 aliphatic heterocycles. The molecule has 1 amide bonds. The van der Waals surface area contributed by atoms with Crippen molar-refractivity contribution in [1.29, 1.82) is 0 Å². The van der Waals surface area contributed by atoms with E-state index in [0.29, 0.717) is 17.7 Å². The van der Waals surface area contributed by atoms with Crippen LogP contribution in [0.1, 0.15) is 28.6 Å². The van der Waals surface area contributed by atoms with Gasteiger partial charge in [-0.3, -0.25) is 9.48 Å². The van der Waals surface area contributed by atoms with Crippen molar-refractivity contribution in [1.82, 2.24) is 25.1 Å². The molecule has 0 saturated carbocycles. The van der Waals surface area contributed by atoms with Gasteiger partial charge in [-0.1, -0.05) is 6.07 Å². The highest BCUT2D eigenvalue weighted by Crippen LogP contribution is 2.29. The predicted molar refractivity (Wildman–Crippen MR) is 83.9 cm³/mol. The maximum atomic E-state index is 12.7. The van der Waals surface area contributed by atoms with Crippen molar-refractivity contribution in [2.45, 2.75) is 18.6 Å². The van der Waals surface area contributed by atoms with E-state index in [2.05, 4.69) is 20.4 Å². The number of nitrogens with one attached hydrogen (secondary N) is 2. The molecule has 1 fully saturated rings. The molecule has 7 heteroatoms. The SMILES string of the molecule is Cn1nccc1[C@H]1OCC[C@@H]1NC(=O)c1cccc2[nH]cnc12. The van der Waals surface area contributed by atoms with E-state index >= 15 is 0 Å². The number of rotatable bonds is 3. The quantitative estimate of drug-likeness (QED) is 0.768. The summed E-state index contributed by atoms with van der Waals surface area (Å²) < 4.78 is 7.58. The van der Waals surface area contributed by atoms with Gasteiger partial charge in [0.15, 0.2) is 0 Å². The molecule has 118 valence electrons. The van der Waals surface area contributed by atoms with E-state index in [0.717, 1.165) is 17.6 Å². The standard InChI is InChI=1S/C16H17N5O2/c1-21-13(5-7-19-21)15-12(6-8-23-15)20-16(22)10-3-2-4-11-14(10)18-9-17-11/h2-5,7,9,12,15H,6,8H2,1H3,(H,17,18)(H,20,22)/t12-,15-/m0/s1. The van der Waals surface area contributed by atoms with Crippen molar-refractivity contribution >= 4 is 16.9 Å². The Balaban J connectivity index is 1.59. The lowest BCUT2D eigenvalue weighted by Crippen LogP contribution is -2.37. The third kappa shape index (κ3) is 2.39. The number of carbonyl (C=O) groups excluding carboxylic acids is 1. The van der Waals surface area contributed by atoms with E-state index < -0.39 is 0 Å². The highest BCUT2D eigenvalue weighted by molar-refractivity contribution is 6.04. The Bertz CT molecular complexity index is 853. The monoisotopic (exact) mass is 311 g/mol. The lowest BCUT2D eigenvalue weighted by molar-refractivity contribution is 0.0793. The van der Waals surface area contributed by atoms with Crippen molar-refractivity contribution in [3.05, 3.63) is 48.0 Å². The molecule has 2 atom stereocenters. The second-order valence-corrected chi connectivity index (χ2v) is 5.64. The Morgan fingerprint density at radius 2 is 2.35 bits per heavy atom. The number of aromatic nitrogens is 4. The minimum absolute atomic E-state index is 0.0768. The topological polar surface area (TPSA) is 84.8 Å². The number of nitrogens with zero attached hydrogens (tertiary/aromatic N) is 3. The van der Waals surface area contributed by atoms with Crippen molar-refractivity contribution in [2.24, 2.45) is 7.05 Å². The molecule has 3 heterocycles. The molecule has 1 aromatic carbocycles. The second-order valence-electron chi connectivity index (χ2n) is 5.64. The van der Waals surface area contributed by atoms with Crippen LogP contribution < -0.4 is 5.32 Å². The summed E-state index contributed by atoms with van der Waals surface area (Å²) in [6.07, 6.45) is 3.93. The molecule has 23 heavy (non-hydrogen) atoms. The van der Waals surface area contributed by atoms with Gasteiger partial charge in [-0.05, 0) is 24.6 Å². The summed E-state index contributed by atoms with van der Waals surface area (Å²) in [6, 6.07) is 7.37. The molecule has 7 nitrogen and oxygen atoms in total. The number of hydrogen-bond donors (Lipinski definition) is 2. The van der Waals surface area contributed by atoms with Crippen molar-refractivity contribution in [3.63, 3.8) is 0 Å². The Morgan fingerprint density at radius 3 is 3.17 bits per heavy atom. The third-order valence-corrected chi connectivity index (χ3v) is 4.25. The van der Waals surface area contributed by atoms with Crippen LogP contribution in [0.5, 0.6) is 0 Å². The molecular weight excluding hydrogens is 294 g/mol. The Labute approximate surface area is 132 Å². The molecular formula is C16H17N5O2. The molecule has 0 bridgehead atoms. The van der Waals surface area contributed by atoms with Crippen LogP contribution in [0.15, 0.2) is 36.8 Å². The first-order valence-corrected chi connectivity index (χ1v) is 7.56. The number of benzene rings is 1. The van der Waals surface area contributed by atoms with Gasteiger partial charge in [0.2, 0.25) is 0 Å². The zero-order valence-electron chi connectivity index (χ0n) is 12.7. The first-order valence-electron chi connectivity index (χ1n) is 7.56. The summed E-state index contributed by atoms with van der Waals surface area (Å²) in [7, 11) is 1.88. The fourth-order valence-corrected chi connectivity index (χ4v) is 3.09. The summed E-state index contributed by atoms with van der Waals surface area (Å²) in [6.45, 7) is 0.618. The number of fused-ring (bicyclic) bond motifs is 1. The van der Waals surface area contributed by atoms with Crippen LogP contribution in [0, 0.1) is 0 Å². The lowest BCUT2D eigenvalue weighted by atomic mass is 10.1. The molecule has 4 rings (SSSR count). The molecule has 1 aliphatic rings. The van der Waals surface area contributed by atoms with Gasteiger partial charge in [0, 0.05) is 19.9 Å². The number of aryl methyl sites for hydroxylation is 1. The van der Waals surface area contributed by atoms with Crippen LogP contribution in [0.25, 0.3) is 11.0 Å². The van der Waals surface area contributed by atoms with Gasteiger partial charge in [0.05, 0.1) is 29.1 Å². The molecule has 3 aromatic rings. The zero-order chi connectivity index (χ0) is 15.8. The maximum Gasteiger partial charge on any atom is 0.253 e. The molecule has 1 saturated heterocycles. The Hall–Kier alpha value is -2.67. The number of para-hydroxylation sites is 1. The number of amides is 1. The molecule has 0 spiro atoms. The van der Waals surface area contributed by atoms with Gasteiger partial charge in [-0.2, -0.15) is 5.10 Å². The number of ether oxygens (including phenoxy) is 1. The van der Waals surface area contributed by atoms with Crippen LogP contribution in [0.2, 0.25) is 0 Å². The van der Waals surface area contributed by atoms with Crippen molar-refractivity contribution in [3.8, 4) is 0 Å². The van der Waals surface area contributed by atoms with Crippen molar-refractivity contribution < 1.29 is 9.53 Å². The molecule has 0 unspecified atom stereocenters. The van der Waals surface area contributed by atoms with E-state index in [1.54, 1.807) is 23.3 Å². The summed E-state index contributed by atoms with van der Waals surface area (Å²) >= 11 is 0. The van der Waals surface area contributed by atoms with Gasteiger partial charge in [-0.25, -0.2) is 4.98 Å². The first-order chi connectivity index (χ1) is 11.2. The zero-order valence-corrected chi connectivity index (χ0v) is 12.7. The highest BCUT2D eigenvalue weighted by Gasteiger charge is 2.33. The van der Waals surface area contributed by atoms with Gasteiger partial charge in [0.25, 0.3) is 5.91 Å². The number of imidazole rings is 1.